The minimum Gasteiger partial charge on any atom is -0.377 e. The van der Waals surface area contributed by atoms with Crippen LogP contribution in [0.5, 0.6) is 0 Å². The van der Waals surface area contributed by atoms with Crippen molar-refractivity contribution in [2.24, 2.45) is 5.92 Å². The van der Waals surface area contributed by atoms with Gasteiger partial charge in [-0.15, -0.1) is 12.1 Å². The van der Waals surface area contributed by atoms with Gasteiger partial charge < -0.3 is 4.74 Å². The number of hydrogen-bond donors (Lipinski definition) is 0. The maximum Gasteiger partial charge on any atom is 1.00 e. The van der Waals surface area contributed by atoms with Crippen molar-refractivity contribution >= 4 is 32.3 Å². The standard InChI is InChI=1S/C30H29O.Li/c1-2-3-8-23(19-22-9-5-4-6-10-22)20-31-21-27-16-15-26-14-13-24-11-7-12-25-17-18-28(27)30(26)29(24)25;/h4-7,9-19,23H,2-3,8,20-21H2,1H3;/q-1;+1. The Kier molecular flexibility index (Phi) is 7.43. The van der Waals surface area contributed by atoms with Gasteiger partial charge in [-0.1, -0.05) is 86.8 Å². The number of ether oxygens (including phenoxy) is 1. The number of benzene rings is 5. The van der Waals surface area contributed by atoms with Crippen molar-refractivity contribution in [1.82, 2.24) is 0 Å². The maximum absolute atomic E-state index is 6.31. The molecule has 1 atom stereocenters. The Bertz CT molecular complexity index is 1260. The molecule has 5 aromatic rings. The second-order valence-corrected chi connectivity index (χ2v) is 8.58. The van der Waals surface area contributed by atoms with Gasteiger partial charge in [0.15, 0.2) is 0 Å². The molecule has 0 heterocycles. The van der Waals surface area contributed by atoms with Crippen LogP contribution in [0.4, 0.5) is 0 Å². The van der Waals surface area contributed by atoms with E-state index in [4.69, 9.17) is 4.74 Å². The topological polar surface area (TPSA) is 9.23 Å². The second-order valence-electron chi connectivity index (χ2n) is 8.58. The summed E-state index contributed by atoms with van der Waals surface area (Å²) in [4.78, 5) is 0. The average molecular weight is 413 g/mol. The molecule has 0 aliphatic heterocycles. The summed E-state index contributed by atoms with van der Waals surface area (Å²) in [6, 6.07) is 30.7. The van der Waals surface area contributed by atoms with Crippen molar-refractivity contribution in [2.45, 2.75) is 32.8 Å². The first-order chi connectivity index (χ1) is 15.3. The zero-order valence-corrected chi connectivity index (χ0v) is 19.2. The van der Waals surface area contributed by atoms with Crippen LogP contribution < -0.4 is 18.9 Å². The summed E-state index contributed by atoms with van der Waals surface area (Å²) in [6.45, 7) is 3.67. The Labute approximate surface area is 203 Å². The fourth-order valence-electron chi connectivity index (χ4n) is 4.76. The zero-order chi connectivity index (χ0) is 21.0. The maximum atomic E-state index is 6.31. The van der Waals surface area contributed by atoms with E-state index in [1.165, 1.54) is 62.7 Å². The van der Waals surface area contributed by atoms with Crippen molar-refractivity contribution in [2.75, 3.05) is 6.61 Å². The predicted octanol–water partition coefficient (Wildman–Crippen LogP) is 5.16. The minimum atomic E-state index is 0. The van der Waals surface area contributed by atoms with Crippen LogP contribution in [0.2, 0.25) is 0 Å². The molecule has 1 nitrogen and oxygen atoms in total. The third-order valence-corrected chi connectivity index (χ3v) is 6.36. The first-order valence-corrected chi connectivity index (χ1v) is 11.5. The normalized spacial score (nSPS) is 12.3. The van der Waals surface area contributed by atoms with E-state index in [1.54, 1.807) is 0 Å². The molecule has 0 radical (unpaired) electrons. The van der Waals surface area contributed by atoms with Crippen LogP contribution in [0.1, 0.15) is 37.3 Å². The van der Waals surface area contributed by atoms with Gasteiger partial charge in [0, 0.05) is 6.61 Å². The molecule has 0 aromatic heterocycles. The molecule has 32 heavy (non-hydrogen) atoms. The van der Waals surface area contributed by atoms with Crippen molar-refractivity contribution < 1.29 is 23.6 Å². The Morgan fingerprint density at radius 1 is 0.750 bits per heavy atom. The van der Waals surface area contributed by atoms with Crippen LogP contribution in [0.15, 0.2) is 84.9 Å². The van der Waals surface area contributed by atoms with Gasteiger partial charge >= 0.3 is 18.9 Å². The SMILES string of the molecule is CCCCC([CH-]c1ccccc1)COCc1ccc2ccc3cccc4ccc1c2c34.[Li+]. The zero-order valence-electron chi connectivity index (χ0n) is 19.2. The number of unbranched alkanes of at least 4 members (excludes halogenated alkanes) is 1. The van der Waals surface area contributed by atoms with Gasteiger partial charge in [-0.25, -0.2) is 0 Å². The van der Waals surface area contributed by atoms with Gasteiger partial charge in [-0.2, -0.15) is 24.1 Å². The molecule has 0 aliphatic carbocycles. The van der Waals surface area contributed by atoms with Gasteiger partial charge in [0.2, 0.25) is 0 Å². The van der Waals surface area contributed by atoms with E-state index in [-0.39, 0.29) is 18.9 Å². The number of hydrogen-bond acceptors (Lipinski definition) is 1. The van der Waals surface area contributed by atoms with E-state index < -0.39 is 0 Å². The summed E-state index contributed by atoms with van der Waals surface area (Å²) >= 11 is 0. The summed E-state index contributed by atoms with van der Waals surface area (Å²) in [5, 5.41) is 7.99. The van der Waals surface area contributed by atoms with E-state index in [0.717, 1.165) is 6.61 Å². The van der Waals surface area contributed by atoms with Gasteiger partial charge in [-0.3, -0.25) is 0 Å². The largest absolute Gasteiger partial charge is 1.00 e. The van der Waals surface area contributed by atoms with Crippen molar-refractivity contribution in [1.29, 1.82) is 0 Å². The molecule has 0 saturated heterocycles. The molecule has 0 saturated carbocycles. The predicted molar refractivity (Wildman–Crippen MR) is 133 cm³/mol. The van der Waals surface area contributed by atoms with E-state index in [9.17, 15) is 0 Å². The van der Waals surface area contributed by atoms with Gasteiger partial charge in [0.1, 0.15) is 0 Å². The van der Waals surface area contributed by atoms with Crippen LogP contribution in [-0.2, 0) is 11.3 Å². The molecule has 0 amide bonds. The molecule has 156 valence electrons. The van der Waals surface area contributed by atoms with Crippen molar-refractivity contribution in [3.63, 3.8) is 0 Å². The molecule has 5 aromatic carbocycles. The molecule has 5 rings (SSSR count). The first-order valence-electron chi connectivity index (χ1n) is 11.5. The molecular weight excluding hydrogens is 383 g/mol. The van der Waals surface area contributed by atoms with E-state index in [2.05, 4.69) is 98.3 Å². The van der Waals surface area contributed by atoms with Crippen LogP contribution in [0, 0.1) is 12.3 Å². The molecule has 0 bridgehead atoms. The van der Waals surface area contributed by atoms with E-state index in [0.29, 0.717) is 12.5 Å². The summed E-state index contributed by atoms with van der Waals surface area (Å²) in [7, 11) is 0. The molecule has 0 fully saturated rings. The Balaban J connectivity index is 0.00000245. The quantitative estimate of drug-likeness (QED) is 0.185. The Morgan fingerprint density at radius 2 is 1.44 bits per heavy atom. The summed E-state index contributed by atoms with van der Waals surface area (Å²) in [5.41, 5.74) is 2.56. The molecule has 0 spiro atoms. The molecule has 1 unspecified atom stereocenters. The van der Waals surface area contributed by atoms with Crippen LogP contribution >= 0.6 is 0 Å². The number of rotatable bonds is 9. The van der Waals surface area contributed by atoms with Crippen molar-refractivity contribution in [3.8, 4) is 0 Å². The summed E-state index contributed by atoms with van der Waals surface area (Å²) < 4.78 is 6.31. The van der Waals surface area contributed by atoms with Crippen LogP contribution in [0.3, 0.4) is 0 Å². The molecular formula is C30H29LiO. The second kappa shape index (κ2) is 10.5. The Hall–Kier alpha value is -2.43. The fourth-order valence-corrected chi connectivity index (χ4v) is 4.76. The van der Waals surface area contributed by atoms with E-state index in [1.807, 2.05) is 0 Å². The molecule has 0 N–H and O–H groups in total. The van der Waals surface area contributed by atoms with Gasteiger partial charge in [0.05, 0.1) is 6.61 Å². The van der Waals surface area contributed by atoms with Gasteiger partial charge in [-0.05, 0) is 43.8 Å². The smallest absolute Gasteiger partial charge is 0.377 e. The third-order valence-electron chi connectivity index (χ3n) is 6.36. The first kappa shape index (κ1) is 22.8. The monoisotopic (exact) mass is 412 g/mol. The van der Waals surface area contributed by atoms with Crippen LogP contribution in [-0.4, -0.2) is 6.61 Å². The fraction of sp³-hybridized carbons (Fsp3) is 0.233. The van der Waals surface area contributed by atoms with Gasteiger partial charge in [0.25, 0.3) is 0 Å². The minimum absolute atomic E-state index is 0. The summed E-state index contributed by atoms with van der Waals surface area (Å²) in [5.74, 6) is 0.446. The van der Waals surface area contributed by atoms with Crippen molar-refractivity contribution in [3.05, 3.63) is 102 Å². The Morgan fingerprint density at radius 3 is 2.19 bits per heavy atom. The summed E-state index contributed by atoms with van der Waals surface area (Å²) in [6.07, 6.45) is 5.99. The molecule has 0 aliphatic rings. The average Bonchev–Trinajstić information content (AvgIpc) is 2.82. The van der Waals surface area contributed by atoms with E-state index >= 15 is 0 Å². The van der Waals surface area contributed by atoms with Crippen LogP contribution in [0.25, 0.3) is 32.3 Å². The molecule has 2 heteroatoms. The third kappa shape index (κ3) is 4.67.